The van der Waals surface area contributed by atoms with Crippen molar-refractivity contribution in [2.75, 3.05) is 20.1 Å². The van der Waals surface area contributed by atoms with Gasteiger partial charge in [0.15, 0.2) is 0 Å². The van der Waals surface area contributed by atoms with Crippen LogP contribution >= 0.6 is 12.4 Å². The lowest BCUT2D eigenvalue weighted by molar-refractivity contribution is 0.291. The van der Waals surface area contributed by atoms with Crippen molar-refractivity contribution in [3.8, 4) is 0 Å². The van der Waals surface area contributed by atoms with Gasteiger partial charge in [0.1, 0.15) is 16.5 Å². The topological polar surface area (TPSA) is 63.4 Å². The minimum Gasteiger partial charge on any atom is -0.330 e. The number of hydrogen-bond acceptors (Lipinski definition) is 3. The molecule has 0 aliphatic carbocycles. The van der Waals surface area contributed by atoms with Gasteiger partial charge in [-0.15, -0.1) is 12.4 Å². The summed E-state index contributed by atoms with van der Waals surface area (Å²) in [5, 5.41) is 0. The van der Waals surface area contributed by atoms with Crippen molar-refractivity contribution in [2.45, 2.75) is 18.7 Å². The van der Waals surface area contributed by atoms with Gasteiger partial charge in [-0.3, -0.25) is 0 Å². The molecular formula is C12H19ClF2N2O2S. The Morgan fingerprint density at radius 3 is 2.30 bits per heavy atom. The molecule has 0 amide bonds. The van der Waals surface area contributed by atoms with Crippen LogP contribution in [-0.2, 0) is 10.0 Å². The van der Waals surface area contributed by atoms with E-state index < -0.39 is 32.0 Å². The highest BCUT2D eigenvalue weighted by molar-refractivity contribution is 7.89. The Hall–Kier alpha value is -0.760. The Labute approximate surface area is 124 Å². The van der Waals surface area contributed by atoms with Gasteiger partial charge < -0.3 is 5.73 Å². The molecule has 0 atom stereocenters. The van der Waals surface area contributed by atoms with Gasteiger partial charge in [0.2, 0.25) is 10.0 Å². The molecule has 0 saturated heterocycles. The third kappa shape index (κ3) is 4.37. The highest BCUT2D eigenvalue weighted by atomic mass is 35.5. The van der Waals surface area contributed by atoms with Crippen LogP contribution in [0.4, 0.5) is 8.78 Å². The van der Waals surface area contributed by atoms with Crippen LogP contribution in [0.2, 0.25) is 0 Å². The van der Waals surface area contributed by atoms with Crippen molar-refractivity contribution in [3.05, 3.63) is 29.8 Å². The summed E-state index contributed by atoms with van der Waals surface area (Å²) < 4.78 is 51.7. The summed E-state index contributed by atoms with van der Waals surface area (Å²) in [6.07, 6.45) is 0. The van der Waals surface area contributed by atoms with E-state index in [1.165, 1.54) is 7.05 Å². The third-order valence-corrected chi connectivity index (χ3v) is 4.62. The molecule has 0 heterocycles. The normalized spacial score (nSPS) is 12.3. The van der Waals surface area contributed by atoms with Gasteiger partial charge in [0.05, 0.1) is 0 Å². The van der Waals surface area contributed by atoms with E-state index >= 15 is 0 Å². The average Bonchev–Trinajstić information content (AvgIpc) is 2.27. The number of benzene rings is 1. The van der Waals surface area contributed by atoms with Crippen molar-refractivity contribution in [1.29, 1.82) is 0 Å². The minimum absolute atomic E-state index is 0. The standard InChI is InChI=1S/C12H18F2N2O2S.ClH/c1-12(2,7-15)8-16(3)19(17,18)11-5-4-9(13)6-10(11)14;/h4-6H,7-8,15H2,1-3H3;1H. The molecule has 0 fully saturated rings. The number of hydrogen-bond donors (Lipinski definition) is 1. The quantitative estimate of drug-likeness (QED) is 0.899. The first kappa shape index (κ1) is 19.2. The molecule has 0 saturated carbocycles. The maximum Gasteiger partial charge on any atom is 0.245 e. The molecule has 0 aromatic heterocycles. The molecule has 1 rings (SSSR count). The van der Waals surface area contributed by atoms with E-state index in [9.17, 15) is 17.2 Å². The predicted octanol–water partition coefficient (Wildman–Crippen LogP) is 1.99. The van der Waals surface area contributed by atoms with Gasteiger partial charge >= 0.3 is 0 Å². The smallest absolute Gasteiger partial charge is 0.245 e. The SMILES string of the molecule is CN(CC(C)(C)CN)S(=O)(=O)c1ccc(F)cc1F.Cl. The first-order chi connectivity index (χ1) is 8.60. The maximum atomic E-state index is 13.6. The summed E-state index contributed by atoms with van der Waals surface area (Å²) in [4.78, 5) is -0.538. The molecule has 0 aliphatic heterocycles. The Bertz CT molecular complexity index is 565. The highest BCUT2D eigenvalue weighted by Crippen LogP contribution is 2.22. The molecule has 0 unspecified atom stereocenters. The second kappa shape index (κ2) is 6.80. The van der Waals surface area contributed by atoms with Gasteiger partial charge in [-0.05, 0) is 24.1 Å². The van der Waals surface area contributed by atoms with Gasteiger partial charge in [-0.2, -0.15) is 0 Å². The van der Waals surface area contributed by atoms with Crippen LogP contribution in [0.25, 0.3) is 0 Å². The Balaban J connectivity index is 0.00000361. The van der Waals surface area contributed by atoms with E-state index in [1.807, 2.05) is 0 Å². The Kier molecular flexibility index (Phi) is 6.54. The van der Waals surface area contributed by atoms with Crippen LogP contribution in [0, 0.1) is 17.0 Å². The monoisotopic (exact) mass is 328 g/mol. The second-order valence-corrected chi connectivity index (χ2v) is 7.22. The van der Waals surface area contributed by atoms with E-state index in [0.717, 1.165) is 16.4 Å². The van der Waals surface area contributed by atoms with Crippen molar-refractivity contribution < 1.29 is 17.2 Å². The van der Waals surface area contributed by atoms with Crippen molar-refractivity contribution in [2.24, 2.45) is 11.1 Å². The molecule has 0 aliphatic rings. The van der Waals surface area contributed by atoms with Crippen molar-refractivity contribution >= 4 is 22.4 Å². The van der Waals surface area contributed by atoms with Gasteiger partial charge in [0.25, 0.3) is 0 Å². The fourth-order valence-electron chi connectivity index (χ4n) is 1.60. The molecule has 0 spiro atoms. The third-order valence-electron chi connectivity index (χ3n) is 2.79. The van der Waals surface area contributed by atoms with Crippen LogP contribution < -0.4 is 5.73 Å². The molecular weight excluding hydrogens is 310 g/mol. The zero-order chi connectivity index (χ0) is 14.8. The van der Waals surface area contributed by atoms with E-state index in [2.05, 4.69) is 0 Å². The van der Waals surface area contributed by atoms with Crippen LogP contribution in [0.3, 0.4) is 0 Å². The lowest BCUT2D eigenvalue weighted by Gasteiger charge is -2.28. The van der Waals surface area contributed by atoms with Crippen LogP contribution in [0.15, 0.2) is 23.1 Å². The fraction of sp³-hybridized carbons (Fsp3) is 0.500. The Morgan fingerprint density at radius 1 is 1.30 bits per heavy atom. The number of rotatable bonds is 5. The lowest BCUT2D eigenvalue weighted by atomic mass is 9.94. The lowest BCUT2D eigenvalue weighted by Crippen LogP contribution is -2.40. The highest BCUT2D eigenvalue weighted by Gasteiger charge is 2.29. The van der Waals surface area contributed by atoms with Gasteiger partial charge in [0, 0.05) is 19.7 Å². The molecule has 1 aromatic rings. The molecule has 4 nitrogen and oxygen atoms in total. The van der Waals surface area contributed by atoms with Gasteiger partial charge in [-0.25, -0.2) is 21.5 Å². The maximum absolute atomic E-state index is 13.6. The average molecular weight is 329 g/mol. The van der Waals surface area contributed by atoms with Crippen LogP contribution in [0.5, 0.6) is 0 Å². The molecule has 8 heteroatoms. The van der Waals surface area contributed by atoms with E-state index in [4.69, 9.17) is 5.73 Å². The molecule has 20 heavy (non-hydrogen) atoms. The van der Waals surface area contributed by atoms with Crippen molar-refractivity contribution in [3.63, 3.8) is 0 Å². The molecule has 116 valence electrons. The van der Waals surface area contributed by atoms with E-state index in [-0.39, 0.29) is 19.0 Å². The number of nitrogens with zero attached hydrogens (tertiary/aromatic N) is 1. The summed E-state index contributed by atoms with van der Waals surface area (Å²) in [7, 11) is -2.65. The summed E-state index contributed by atoms with van der Waals surface area (Å²) in [6, 6.07) is 2.39. The molecule has 1 aromatic carbocycles. The summed E-state index contributed by atoms with van der Waals surface area (Å²) >= 11 is 0. The molecule has 0 radical (unpaired) electrons. The predicted molar refractivity (Wildman–Crippen MR) is 76.3 cm³/mol. The number of halogens is 3. The first-order valence-corrected chi connectivity index (χ1v) is 7.15. The van der Waals surface area contributed by atoms with Crippen LogP contribution in [0.1, 0.15) is 13.8 Å². The van der Waals surface area contributed by atoms with Gasteiger partial charge in [-0.1, -0.05) is 13.8 Å². The fourth-order valence-corrected chi connectivity index (χ4v) is 3.01. The van der Waals surface area contributed by atoms with Crippen molar-refractivity contribution in [1.82, 2.24) is 4.31 Å². The second-order valence-electron chi connectivity index (χ2n) is 5.20. The summed E-state index contributed by atoms with van der Waals surface area (Å²) in [5.74, 6) is -1.92. The zero-order valence-electron chi connectivity index (χ0n) is 11.6. The summed E-state index contributed by atoms with van der Waals surface area (Å²) in [6.45, 7) is 4.04. The number of sulfonamides is 1. The first-order valence-electron chi connectivity index (χ1n) is 5.71. The van der Waals surface area contributed by atoms with Crippen LogP contribution in [-0.4, -0.2) is 32.9 Å². The van der Waals surface area contributed by atoms with E-state index in [1.54, 1.807) is 13.8 Å². The largest absolute Gasteiger partial charge is 0.330 e. The Morgan fingerprint density at radius 2 is 1.85 bits per heavy atom. The summed E-state index contributed by atoms with van der Waals surface area (Å²) in [5.41, 5.74) is 5.11. The minimum atomic E-state index is -3.99. The molecule has 0 bridgehead atoms. The molecule has 2 N–H and O–H groups in total. The van der Waals surface area contributed by atoms with E-state index in [0.29, 0.717) is 12.6 Å². The number of nitrogens with two attached hydrogens (primary N) is 1. The zero-order valence-corrected chi connectivity index (χ0v) is 13.2.